The molecule has 3 rings (SSSR count). The number of pyridine rings is 1. The molecule has 8 heteroatoms. The third kappa shape index (κ3) is 3.51. The number of rotatable bonds is 4. The molecule has 0 bridgehead atoms. The Labute approximate surface area is 148 Å². The Hall–Kier alpha value is -2.80. The van der Waals surface area contributed by atoms with Crippen molar-refractivity contribution in [1.29, 1.82) is 0 Å². The molecule has 6 nitrogen and oxygen atoms in total. The highest BCUT2D eigenvalue weighted by atomic mass is 35.5. The van der Waals surface area contributed by atoms with Crippen molar-refractivity contribution in [2.24, 2.45) is 0 Å². The van der Waals surface area contributed by atoms with Crippen molar-refractivity contribution in [1.82, 2.24) is 20.0 Å². The first kappa shape index (κ1) is 17.0. The maximum absolute atomic E-state index is 14.0. The minimum absolute atomic E-state index is 0.0284. The molecule has 0 saturated heterocycles. The highest BCUT2D eigenvalue weighted by Gasteiger charge is 2.22. The second-order valence-electron chi connectivity index (χ2n) is 5.46. The fourth-order valence-corrected chi connectivity index (χ4v) is 2.49. The molecule has 0 saturated carbocycles. The molecule has 0 atom stereocenters. The fourth-order valence-electron chi connectivity index (χ4n) is 2.26. The van der Waals surface area contributed by atoms with Crippen molar-refractivity contribution >= 4 is 17.5 Å². The fraction of sp³-hybridized carbons (Fsp3) is 0.176. The van der Waals surface area contributed by atoms with Gasteiger partial charge in [0.25, 0.3) is 5.91 Å². The summed E-state index contributed by atoms with van der Waals surface area (Å²) in [7, 11) is 1.51. The van der Waals surface area contributed by atoms with Gasteiger partial charge in [-0.1, -0.05) is 22.8 Å². The van der Waals surface area contributed by atoms with Crippen molar-refractivity contribution in [3.8, 4) is 11.4 Å². The average molecular weight is 361 g/mol. The number of nitrogens with zero attached hydrogens (tertiary/aromatic N) is 4. The minimum atomic E-state index is -0.671. The Morgan fingerprint density at radius 3 is 2.72 bits per heavy atom. The number of carbonyl (C=O) groups is 1. The van der Waals surface area contributed by atoms with E-state index < -0.39 is 11.7 Å². The first-order valence-corrected chi connectivity index (χ1v) is 7.78. The van der Waals surface area contributed by atoms with E-state index in [1.54, 1.807) is 31.5 Å². The Kier molecular flexibility index (Phi) is 4.76. The normalized spacial score (nSPS) is 10.7. The highest BCUT2D eigenvalue weighted by molar-refractivity contribution is 6.34. The van der Waals surface area contributed by atoms with Crippen LogP contribution in [-0.4, -0.2) is 33.0 Å². The lowest BCUT2D eigenvalue weighted by Crippen LogP contribution is -2.27. The number of benzene rings is 1. The van der Waals surface area contributed by atoms with Crippen LogP contribution in [0.3, 0.4) is 0 Å². The topological polar surface area (TPSA) is 72.1 Å². The Morgan fingerprint density at radius 1 is 1.28 bits per heavy atom. The van der Waals surface area contributed by atoms with Crippen molar-refractivity contribution in [3.63, 3.8) is 0 Å². The number of amides is 1. The van der Waals surface area contributed by atoms with E-state index in [4.69, 9.17) is 16.1 Å². The van der Waals surface area contributed by atoms with Crippen LogP contribution in [-0.2, 0) is 6.54 Å². The molecule has 0 unspecified atom stereocenters. The summed E-state index contributed by atoms with van der Waals surface area (Å²) in [4.78, 5) is 21.9. The summed E-state index contributed by atoms with van der Waals surface area (Å²) in [5.41, 5.74) is 1.20. The molecule has 2 aromatic heterocycles. The first-order valence-electron chi connectivity index (χ1n) is 7.40. The summed E-state index contributed by atoms with van der Waals surface area (Å²) in [5.74, 6) is -0.616. The molecule has 0 spiro atoms. The summed E-state index contributed by atoms with van der Waals surface area (Å²) in [6, 6.07) is 6.22. The lowest BCUT2D eigenvalue weighted by Gasteiger charge is -2.16. The number of hydrogen-bond acceptors (Lipinski definition) is 5. The second-order valence-corrected chi connectivity index (χ2v) is 5.84. The largest absolute Gasteiger partial charge is 0.337 e. The van der Waals surface area contributed by atoms with E-state index in [1.165, 1.54) is 24.1 Å². The third-order valence-corrected chi connectivity index (χ3v) is 4.11. The molecule has 0 aliphatic carbocycles. The van der Waals surface area contributed by atoms with Crippen LogP contribution >= 0.6 is 11.6 Å². The lowest BCUT2D eigenvalue weighted by atomic mass is 10.1. The minimum Gasteiger partial charge on any atom is -0.337 e. The molecule has 1 aromatic carbocycles. The zero-order valence-corrected chi connectivity index (χ0v) is 14.3. The number of aryl methyl sites for hydroxylation is 1. The summed E-state index contributed by atoms with van der Waals surface area (Å²) in [6.07, 6.45) is 3.23. The first-order chi connectivity index (χ1) is 12.0. The molecule has 3 aromatic rings. The van der Waals surface area contributed by atoms with Crippen molar-refractivity contribution in [2.75, 3.05) is 7.05 Å². The molecule has 0 aliphatic heterocycles. The summed E-state index contributed by atoms with van der Waals surface area (Å²) >= 11 is 6.08. The van der Waals surface area contributed by atoms with Crippen molar-refractivity contribution in [2.45, 2.75) is 13.5 Å². The van der Waals surface area contributed by atoms with E-state index in [9.17, 15) is 9.18 Å². The highest BCUT2D eigenvalue weighted by Crippen LogP contribution is 2.25. The van der Waals surface area contributed by atoms with Gasteiger partial charge in [0.2, 0.25) is 11.7 Å². The van der Waals surface area contributed by atoms with Crippen LogP contribution < -0.4 is 0 Å². The predicted octanol–water partition coefficient (Wildman–Crippen LogP) is 3.50. The summed E-state index contributed by atoms with van der Waals surface area (Å²) in [6.45, 7) is 1.73. The average Bonchev–Trinajstić information content (AvgIpc) is 3.07. The van der Waals surface area contributed by atoms with Crippen LogP contribution in [0, 0.1) is 12.7 Å². The maximum Gasteiger partial charge on any atom is 0.258 e. The molecule has 0 fully saturated rings. The standard InChI is InChI=1S/C17H14ClFN4O2/c1-10-3-4-12(19)14(15(10)18)17(24)23(2)9-13-21-16(22-25-13)11-5-7-20-8-6-11/h3-8H,9H2,1-2H3. The number of carbonyl (C=O) groups excluding carboxylic acids is 1. The maximum atomic E-state index is 14.0. The van der Waals surface area contributed by atoms with Crippen LogP contribution in [0.1, 0.15) is 21.8 Å². The molecule has 0 aliphatic rings. The van der Waals surface area contributed by atoms with E-state index >= 15 is 0 Å². The van der Waals surface area contributed by atoms with Gasteiger partial charge in [0.05, 0.1) is 10.6 Å². The quantitative estimate of drug-likeness (QED) is 0.712. The van der Waals surface area contributed by atoms with Gasteiger partial charge >= 0.3 is 0 Å². The lowest BCUT2D eigenvalue weighted by molar-refractivity contribution is 0.0765. The smallest absolute Gasteiger partial charge is 0.258 e. The third-order valence-electron chi connectivity index (χ3n) is 3.62. The van der Waals surface area contributed by atoms with Crippen molar-refractivity contribution in [3.05, 3.63) is 64.5 Å². The van der Waals surface area contributed by atoms with Crippen LogP contribution in [0.4, 0.5) is 4.39 Å². The van der Waals surface area contributed by atoms with E-state index in [0.29, 0.717) is 11.4 Å². The van der Waals surface area contributed by atoms with Gasteiger partial charge in [0.15, 0.2) is 0 Å². The van der Waals surface area contributed by atoms with Gasteiger partial charge in [-0.25, -0.2) is 4.39 Å². The molecule has 128 valence electrons. The molecule has 2 heterocycles. The van der Waals surface area contributed by atoms with E-state index in [0.717, 1.165) is 5.56 Å². The molecule has 0 radical (unpaired) electrons. The number of aromatic nitrogens is 3. The molecule has 1 amide bonds. The zero-order chi connectivity index (χ0) is 18.0. The zero-order valence-electron chi connectivity index (χ0n) is 13.5. The SMILES string of the molecule is Cc1ccc(F)c(C(=O)N(C)Cc2nc(-c3ccncc3)no2)c1Cl. The van der Waals surface area contributed by atoms with Gasteiger partial charge in [0, 0.05) is 25.0 Å². The van der Waals surface area contributed by atoms with Crippen molar-refractivity contribution < 1.29 is 13.7 Å². The monoisotopic (exact) mass is 360 g/mol. The second kappa shape index (κ2) is 6.98. The molecule has 25 heavy (non-hydrogen) atoms. The van der Waals surface area contributed by atoms with Gasteiger partial charge in [-0.15, -0.1) is 0 Å². The van der Waals surface area contributed by atoms with E-state index in [1.807, 2.05) is 0 Å². The van der Waals surface area contributed by atoms with Gasteiger partial charge in [-0.2, -0.15) is 4.98 Å². The van der Waals surface area contributed by atoms with E-state index in [2.05, 4.69) is 15.1 Å². The number of hydrogen-bond donors (Lipinski definition) is 0. The Bertz CT molecular complexity index is 914. The predicted molar refractivity (Wildman–Crippen MR) is 89.5 cm³/mol. The van der Waals surface area contributed by atoms with Crippen LogP contribution in [0.15, 0.2) is 41.2 Å². The summed E-state index contributed by atoms with van der Waals surface area (Å²) in [5, 5.41) is 3.97. The van der Waals surface area contributed by atoms with Gasteiger partial charge in [-0.05, 0) is 30.7 Å². The number of halogens is 2. The summed E-state index contributed by atoms with van der Waals surface area (Å²) < 4.78 is 19.2. The molecule has 0 N–H and O–H groups in total. The van der Waals surface area contributed by atoms with Gasteiger partial charge in [-0.3, -0.25) is 9.78 Å². The van der Waals surface area contributed by atoms with Crippen LogP contribution in [0.25, 0.3) is 11.4 Å². The van der Waals surface area contributed by atoms with Gasteiger partial charge < -0.3 is 9.42 Å². The van der Waals surface area contributed by atoms with Crippen LogP contribution in [0.5, 0.6) is 0 Å². The van der Waals surface area contributed by atoms with E-state index in [-0.39, 0.29) is 23.0 Å². The molecular formula is C17H14ClFN4O2. The molecular weight excluding hydrogens is 347 g/mol. The van der Waals surface area contributed by atoms with Crippen LogP contribution in [0.2, 0.25) is 5.02 Å². The van der Waals surface area contributed by atoms with Gasteiger partial charge in [0.1, 0.15) is 12.4 Å². The Balaban J connectivity index is 1.79. The Morgan fingerprint density at radius 2 is 2.00 bits per heavy atom.